The number of hydrogen-bond donors (Lipinski definition) is 2. The molecule has 0 aliphatic rings. The third kappa shape index (κ3) is 7.38. The van der Waals surface area contributed by atoms with Crippen LogP contribution in [0, 0.1) is 0 Å². The highest BCUT2D eigenvalue weighted by molar-refractivity contribution is 7.90. The third-order valence-electron chi connectivity index (χ3n) is 3.47. The molecule has 0 unspecified atom stereocenters. The monoisotopic (exact) mass is 387 g/mol. The predicted octanol–water partition coefficient (Wildman–Crippen LogP) is 1.20. The average Bonchev–Trinajstić information content (AvgIpc) is 2.61. The molecule has 0 saturated heterocycles. The van der Waals surface area contributed by atoms with Crippen molar-refractivity contribution < 1.29 is 22.6 Å². The van der Waals surface area contributed by atoms with Crippen LogP contribution in [0.15, 0.2) is 17.1 Å². The van der Waals surface area contributed by atoms with Crippen LogP contribution in [0.2, 0.25) is 0 Å². The molecule has 0 bridgehead atoms. The van der Waals surface area contributed by atoms with Crippen LogP contribution in [0.4, 0.5) is 0 Å². The summed E-state index contributed by atoms with van der Waals surface area (Å²) in [5, 5.41) is 6.26. The van der Waals surface area contributed by atoms with Crippen molar-refractivity contribution in [2.75, 3.05) is 46.4 Å². The maximum absolute atomic E-state index is 11.2. The number of ether oxygens (including phenoxy) is 3. The quantitative estimate of drug-likeness (QED) is 0.354. The summed E-state index contributed by atoms with van der Waals surface area (Å²) in [6.45, 7) is 3.59. The molecule has 0 saturated carbocycles. The van der Waals surface area contributed by atoms with Gasteiger partial charge in [0.05, 0.1) is 33.6 Å². The molecule has 0 fully saturated rings. The minimum atomic E-state index is -2.95. The van der Waals surface area contributed by atoms with Crippen LogP contribution in [0.3, 0.4) is 0 Å². The number of methoxy groups -OCH3 is 3. The molecule has 9 heteroatoms. The topological polar surface area (TPSA) is 98.2 Å². The molecule has 0 aromatic heterocycles. The summed E-state index contributed by atoms with van der Waals surface area (Å²) < 4.78 is 38.4. The zero-order chi connectivity index (χ0) is 19.6. The van der Waals surface area contributed by atoms with Crippen molar-refractivity contribution in [2.45, 2.75) is 19.9 Å². The summed E-state index contributed by atoms with van der Waals surface area (Å²) >= 11 is 0. The second-order valence-corrected chi connectivity index (χ2v) is 7.90. The largest absolute Gasteiger partial charge is 0.493 e. The molecule has 0 spiro atoms. The number of rotatable bonds is 10. The molecule has 2 N–H and O–H groups in total. The summed E-state index contributed by atoms with van der Waals surface area (Å²) in [6.07, 6.45) is 1.75. The van der Waals surface area contributed by atoms with Crippen LogP contribution >= 0.6 is 0 Å². The van der Waals surface area contributed by atoms with Crippen molar-refractivity contribution in [3.8, 4) is 17.2 Å². The van der Waals surface area contributed by atoms with Gasteiger partial charge in [0.2, 0.25) is 5.75 Å². The van der Waals surface area contributed by atoms with E-state index in [1.165, 1.54) is 6.26 Å². The Kier molecular flexibility index (Phi) is 9.04. The number of nitrogens with zero attached hydrogens (tertiary/aromatic N) is 1. The molecule has 1 rings (SSSR count). The number of sulfone groups is 1. The van der Waals surface area contributed by atoms with Gasteiger partial charge in [-0.15, -0.1) is 0 Å². The highest BCUT2D eigenvalue weighted by atomic mass is 32.2. The van der Waals surface area contributed by atoms with Crippen LogP contribution in [-0.4, -0.2) is 60.8 Å². The van der Waals surface area contributed by atoms with Crippen LogP contribution < -0.4 is 24.8 Å². The van der Waals surface area contributed by atoms with Crippen molar-refractivity contribution in [1.29, 1.82) is 0 Å². The average molecular weight is 388 g/mol. The fraction of sp³-hybridized carbons (Fsp3) is 0.588. The van der Waals surface area contributed by atoms with Crippen LogP contribution in [0.1, 0.15) is 18.9 Å². The van der Waals surface area contributed by atoms with Gasteiger partial charge in [0.25, 0.3) is 0 Å². The smallest absolute Gasteiger partial charge is 0.203 e. The van der Waals surface area contributed by atoms with Gasteiger partial charge in [-0.05, 0) is 31.0 Å². The van der Waals surface area contributed by atoms with Crippen LogP contribution in [0.25, 0.3) is 0 Å². The van der Waals surface area contributed by atoms with E-state index < -0.39 is 9.84 Å². The highest BCUT2D eigenvalue weighted by Crippen LogP contribution is 2.38. The summed E-state index contributed by atoms with van der Waals surface area (Å²) in [5.74, 6) is 2.45. The summed E-state index contributed by atoms with van der Waals surface area (Å²) in [7, 11) is 1.74. The summed E-state index contributed by atoms with van der Waals surface area (Å²) in [5.41, 5.74) is 0.896. The number of hydrogen-bond acceptors (Lipinski definition) is 6. The minimum absolute atomic E-state index is 0.145. The van der Waals surface area contributed by atoms with E-state index in [9.17, 15) is 8.42 Å². The number of guanidine groups is 1. The fourth-order valence-corrected chi connectivity index (χ4v) is 2.95. The first-order chi connectivity index (χ1) is 12.3. The van der Waals surface area contributed by atoms with Crippen LogP contribution in [-0.2, 0) is 16.4 Å². The Morgan fingerprint density at radius 2 is 1.69 bits per heavy atom. The molecule has 0 atom stereocenters. The Morgan fingerprint density at radius 3 is 2.15 bits per heavy atom. The highest BCUT2D eigenvalue weighted by Gasteiger charge is 2.13. The van der Waals surface area contributed by atoms with Crippen molar-refractivity contribution in [2.24, 2.45) is 4.99 Å². The van der Waals surface area contributed by atoms with Crippen LogP contribution in [0.5, 0.6) is 17.2 Å². The Bertz CT molecular complexity index is 679. The molecule has 0 amide bonds. The number of benzene rings is 1. The zero-order valence-electron chi connectivity index (χ0n) is 16.1. The Morgan fingerprint density at radius 1 is 1.08 bits per heavy atom. The number of nitrogens with one attached hydrogen (secondary N) is 2. The lowest BCUT2D eigenvalue weighted by Gasteiger charge is -2.14. The van der Waals surface area contributed by atoms with Gasteiger partial charge in [0.15, 0.2) is 17.5 Å². The van der Waals surface area contributed by atoms with E-state index in [4.69, 9.17) is 14.2 Å². The molecule has 1 aromatic carbocycles. The van der Waals surface area contributed by atoms with Gasteiger partial charge in [0.1, 0.15) is 9.84 Å². The molecule has 0 aliphatic heterocycles. The first-order valence-electron chi connectivity index (χ1n) is 8.33. The van der Waals surface area contributed by atoms with Gasteiger partial charge < -0.3 is 24.8 Å². The molecule has 8 nitrogen and oxygen atoms in total. The maximum atomic E-state index is 11.2. The molecule has 1 aromatic rings. The number of aliphatic imine (C=N–C) groups is 1. The van der Waals surface area contributed by atoms with Gasteiger partial charge in [-0.2, -0.15) is 0 Å². The maximum Gasteiger partial charge on any atom is 0.203 e. The first-order valence-corrected chi connectivity index (χ1v) is 10.4. The van der Waals surface area contributed by atoms with E-state index in [-0.39, 0.29) is 5.75 Å². The lowest BCUT2D eigenvalue weighted by atomic mass is 10.2. The van der Waals surface area contributed by atoms with E-state index >= 15 is 0 Å². The predicted molar refractivity (Wildman–Crippen MR) is 103 cm³/mol. The van der Waals surface area contributed by atoms with Gasteiger partial charge in [-0.25, -0.2) is 13.4 Å². The van der Waals surface area contributed by atoms with Gasteiger partial charge >= 0.3 is 0 Å². The van der Waals surface area contributed by atoms with Crippen molar-refractivity contribution in [3.05, 3.63) is 17.7 Å². The van der Waals surface area contributed by atoms with E-state index in [0.29, 0.717) is 49.3 Å². The lowest BCUT2D eigenvalue weighted by Crippen LogP contribution is -2.38. The Hall–Kier alpha value is -2.16. The van der Waals surface area contributed by atoms with Gasteiger partial charge in [-0.3, -0.25) is 0 Å². The van der Waals surface area contributed by atoms with Gasteiger partial charge in [0, 0.05) is 19.3 Å². The fourth-order valence-electron chi connectivity index (χ4n) is 2.28. The SMILES string of the molecule is CCNC(=NCc1cc(OC)c(OC)c(OC)c1)NCCCS(C)(=O)=O. The molecule has 0 radical (unpaired) electrons. The van der Waals surface area contributed by atoms with Gasteiger partial charge in [-0.1, -0.05) is 0 Å². The van der Waals surface area contributed by atoms with Crippen molar-refractivity contribution in [3.63, 3.8) is 0 Å². The molecule has 0 aliphatic carbocycles. The summed E-state index contributed by atoms with van der Waals surface area (Å²) in [4.78, 5) is 4.52. The molecular weight excluding hydrogens is 358 g/mol. The summed E-state index contributed by atoms with van der Waals surface area (Å²) in [6, 6.07) is 3.69. The van der Waals surface area contributed by atoms with E-state index in [0.717, 1.165) is 5.56 Å². The standard InChI is InChI=1S/C17H29N3O5S/c1-6-18-17(19-8-7-9-26(5,21)22)20-12-13-10-14(23-2)16(25-4)15(11-13)24-3/h10-11H,6-9,12H2,1-5H3,(H2,18,19,20). The second kappa shape index (κ2) is 10.7. The molecule has 0 heterocycles. The Balaban J connectivity index is 2.82. The third-order valence-corrected chi connectivity index (χ3v) is 4.50. The van der Waals surface area contributed by atoms with Crippen molar-refractivity contribution >= 4 is 15.8 Å². The Labute approximate surface area is 155 Å². The zero-order valence-corrected chi connectivity index (χ0v) is 16.9. The second-order valence-electron chi connectivity index (χ2n) is 5.64. The van der Waals surface area contributed by atoms with Crippen molar-refractivity contribution in [1.82, 2.24) is 10.6 Å². The molecule has 148 valence electrons. The lowest BCUT2D eigenvalue weighted by molar-refractivity contribution is 0.324. The van der Waals surface area contributed by atoms with E-state index in [1.54, 1.807) is 21.3 Å². The van der Waals surface area contributed by atoms with E-state index in [1.807, 2.05) is 19.1 Å². The molecule has 26 heavy (non-hydrogen) atoms. The first kappa shape index (κ1) is 21.9. The molecular formula is C17H29N3O5S. The minimum Gasteiger partial charge on any atom is -0.493 e. The normalized spacial score (nSPS) is 11.8. The van der Waals surface area contributed by atoms with E-state index in [2.05, 4.69) is 15.6 Å².